The SMILES string of the molecule is O=C([O-])O.[Na+].c1ccncc1. The Morgan fingerprint density at radius 2 is 1.64 bits per heavy atom. The monoisotopic (exact) mass is 163 g/mol. The van der Waals surface area contributed by atoms with E-state index in [0.29, 0.717) is 0 Å². The van der Waals surface area contributed by atoms with Crippen molar-refractivity contribution in [3.05, 3.63) is 30.6 Å². The maximum Gasteiger partial charge on any atom is 1.00 e. The fourth-order valence-corrected chi connectivity index (χ4v) is 0.313. The van der Waals surface area contributed by atoms with Crippen molar-refractivity contribution in [1.82, 2.24) is 4.98 Å². The van der Waals surface area contributed by atoms with Gasteiger partial charge in [0.2, 0.25) is 6.16 Å². The van der Waals surface area contributed by atoms with Crippen molar-refractivity contribution >= 4 is 6.16 Å². The summed E-state index contributed by atoms with van der Waals surface area (Å²) in [6.07, 6.45) is 1.42. The van der Waals surface area contributed by atoms with Crippen molar-refractivity contribution in [2.45, 2.75) is 0 Å². The van der Waals surface area contributed by atoms with Crippen LogP contribution in [0.2, 0.25) is 0 Å². The summed E-state index contributed by atoms with van der Waals surface area (Å²) in [5.74, 6) is 0. The number of hydrogen-bond donors (Lipinski definition) is 1. The second-order valence-electron chi connectivity index (χ2n) is 1.29. The molecule has 0 fully saturated rings. The first-order valence-corrected chi connectivity index (χ1v) is 2.48. The second-order valence-corrected chi connectivity index (χ2v) is 1.29. The zero-order chi connectivity index (χ0) is 7.82. The molecule has 0 bridgehead atoms. The zero-order valence-electron chi connectivity index (χ0n) is 6.10. The number of carbonyl (C=O) groups is 1. The van der Waals surface area contributed by atoms with E-state index in [1.54, 1.807) is 12.4 Å². The molecule has 4 nitrogen and oxygen atoms in total. The summed E-state index contributed by atoms with van der Waals surface area (Å²) < 4.78 is 0. The molecule has 0 atom stereocenters. The van der Waals surface area contributed by atoms with E-state index >= 15 is 0 Å². The van der Waals surface area contributed by atoms with Crippen LogP contribution < -0.4 is 34.7 Å². The first-order chi connectivity index (χ1) is 4.73. The van der Waals surface area contributed by atoms with Crippen LogP contribution in [0.3, 0.4) is 0 Å². The summed E-state index contributed by atoms with van der Waals surface area (Å²) in [5, 5.41) is 15.3. The molecule has 0 saturated carbocycles. The van der Waals surface area contributed by atoms with E-state index in [2.05, 4.69) is 4.98 Å². The Morgan fingerprint density at radius 1 is 1.27 bits per heavy atom. The molecule has 0 saturated heterocycles. The van der Waals surface area contributed by atoms with Crippen LogP contribution in [0, 0.1) is 0 Å². The third kappa shape index (κ3) is 17.7. The van der Waals surface area contributed by atoms with Crippen LogP contribution in [0.5, 0.6) is 0 Å². The zero-order valence-corrected chi connectivity index (χ0v) is 8.10. The summed E-state index contributed by atoms with van der Waals surface area (Å²) in [6.45, 7) is 0. The topological polar surface area (TPSA) is 73.2 Å². The van der Waals surface area contributed by atoms with Crippen molar-refractivity contribution in [2.24, 2.45) is 0 Å². The summed E-state index contributed by atoms with van der Waals surface area (Å²) in [5.41, 5.74) is 0. The molecule has 54 valence electrons. The van der Waals surface area contributed by atoms with Crippen LogP contribution in [0.25, 0.3) is 0 Å². The number of nitrogens with zero attached hydrogens (tertiary/aromatic N) is 1. The molecule has 5 heteroatoms. The maximum atomic E-state index is 8.44. The fraction of sp³-hybridized carbons (Fsp3) is 0. The molecular weight excluding hydrogens is 157 g/mol. The van der Waals surface area contributed by atoms with Crippen LogP contribution in [0.15, 0.2) is 30.6 Å². The van der Waals surface area contributed by atoms with Gasteiger partial charge in [0.05, 0.1) is 0 Å². The minimum absolute atomic E-state index is 0. The normalized spacial score (nSPS) is 6.55. The average Bonchev–Trinajstić information content (AvgIpc) is 1.90. The standard InChI is InChI=1S/C5H5N.CH2O3.Na/c1-2-4-6-5-3-1;2-1(3)4;/h1-5H;(H2,2,3,4);/q;;+1/p-1. The van der Waals surface area contributed by atoms with Crippen molar-refractivity contribution in [3.63, 3.8) is 0 Å². The molecule has 1 aromatic heterocycles. The molecule has 0 spiro atoms. The van der Waals surface area contributed by atoms with Crippen LogP contribution in [-0.2, 0) is 0 Å². The molecule has 0 radical (unpaired) electrons. The Balaban J connectivity index is 0. The molecule has 0 unspecified atom stereocenters. The summed E-state index contributed by atoms with van der Waals surface area (Å²) >= 11 is 0. The third-order valence-electron chi connectivity index (χ3n) is 0.566. The van der Waals surface area contributed by atoms with E-state index in [0.717, 1.165) is 0 Å². The quantitative estimate of drug-likeness (QED) is 0.413. The van der Waals surface area contributed by atoms with E-state index < -0.39 is 6.16 Å². The predicted octanol–water partition coefficient (Wildman–Crippen LogP) is -3.03. The number of pyridine rings is 1. The second kappa shape index (κ2) is 9.42. The largest absolute Gasteiger partial charge is 1.00 e. The first kappa shape index (κ1) is 13.0. The first-order valence-electron chi connectivity index (χ1n) is 2.48. The minimum atomic E-state index is -2.08. The molecule has 1 aromatic rings. The van der Waals surface area contributed by atoms with Gasteiger partial charge in [0, 0.05) is 12.4 Å². The molecule has 0 aliphatic rings. The Bertz CT molecular complexity index is 150. The molecule has 0 aliphatic carbocycles. The van der Waals surface area contributed by atoms with Gasteiger partial charge in [-0.05, 0) is 12.1 Å². The van der Waals surface area contributed by atoms with Gasteiger partial charge in [-0.25, -0.2) is 0 Å². The molecule has 1 N–H and O–H groups in total. The summed E-state index contributed by atoms with van der Waals surface area (Å²) in [7, 11) is 0. The maximum absolute atomic E-state index is 8.44. The molecule has 0 amide bonds. The number of carboxylic acid groups (broad SMARTS) is 2. The molecular formula is C6H6NNaO3. The van der Waals surface area contributed by atoms with E-state index in [1.165, 1.54) is 0 Å². The molecule has 0 aromatic carbocycles. The van der Waals surface area contributed by atoms with Crippen molar-refractivity contribution in [3.8, 4) is 0 Å². The van der Waals surface area contributed by atoms with Gasteiger partial charge in [-0.2, -0.15) is 0 Å². The van der Waals surface area contributed by atoms with Crippen LogP contribution >= 0.6 is 0 Å². The number of rotatable bonds is 0. The fourth-order valence-electron chi connectivity index (χ4n) is 0.313. The van der Waals surface area contributed by atoms with Crippen LogP contribution in [0.4, 0.5) is 4.79 Å². The molecule has 0 aliphatic heterocycles. The van der Waals surface area contributed by atoms with Gasteiger partial charge in [0.1, 0.15) is 0 Å². The minimum Gasteiger partial charge on any atom is -0.565 e. The predicted molar refractivity (Wildman–Crippen MR) is 32.3 cm³/mol. The van der Waals surface area contributed by atoms with Crippen molar-refractivity contribution in [1.29, 1.82) is 0 Å². The van der Waals surface area contributed by atoms with E-state index in [1.807, 2.05) is 18.2 Å². The summed E-state index contributed by atoms with van der Waals surface area (Å²) in [4.78, 5) is 12.2. The number of hydrogen-bond acceptors (Lipinski definition) is 3. The van der Waals surface area contributed by atoms with E-state index in [4.69, 9.17) is 15.0 Å². The Morgan fingerprint density at radius 3 is 1.73 bits per heavy atom. The van der Waals surface area contributed by atoms with Crippen LogP contribution in [-0.4, -0.2) is 16.2 Å². The van der Waals surface area contributed by atoms with Gasteiger partial charge in [-0.1, -0.05) is 6.07 Å². The van der Waals surface area contributed by atoms with Gasteiger partial charge in [0.25, 0.3) is 0 Å². The Kier molecular flexibility index (Phi) is 11.2. The van der Waals surface area contributed by atoms with Crippen LogP contribution in [0.1, 0.15) is 0 Å². The summed E-state index contributed by atoms with van der Waals surface area (Å²) in [6, 6.07) is 5.72. The smallest absolute Gasteiger partial charge is 0.565 e. The Hall–Kier alpha value is -0.580. The van der Waals surface area contributed by atoms with Gasteiger partial charge in [0.15, 0.2) is 0 Å². The molecule has 1 rings (SSSR count). The average molecular weight is 163 g/mol. The van der Waals surface area contributed by atoms with Gasteiger partial charge in [-0.3, -0.25) is 4.98 Å². The van der Waals surface area contributed by atoms with E-state index in [-0.39, 0.29) is 29.6 Å². The Labute approximate surface area is 86.2 Å². The van der Waals surface area contributed by atoms with E-state index in [9.17, 15) is 0 Å². The molecule has 11 heavy (non-hydrogen) atoms. The van der Waals surface area contributed by atoms with Crippen molar-refractivity contribution < 1.29 is 44.6 Å². The number of aromatic nitrogens is 1. The third-order valence-corrected chi connectivity index (χ3v) is 0.566. The van der Waals surface area contributed by atoms with Gasteiger partial charge in [-0.15, -0.1) is 0 Å². The van der Waals surface area contributed by atoms with Gasteiger partial charge < -0.3 is 15.0 Å². The van der Waals surface area contributed by atoms with Gasteiger partial charge >= 0.3 is 29.6 Å². The van der Waals surface area contributed by atoms with Crippen molar-refractivity contribution in [2.75, 3.05) is 0 Å². The molecule has 1 heterocycles.